The zero-order chi connectivity index (χ0) is 14.5. The molecule has 0 atom stereocenters. The molecule has 0 aliphatic heterocycles. The minimum Gasteiger partial charge on any atom is -0.320 e. The van der Waals surface area contributed by atoms with Crippen molar-refractivity contribution in [1.29, 1.82) is 0 Å². The molecule has 5 nitrogen and oxygen atoms in total. The van der Waals surface area contributed by atoms with E-state index in [4.69, 9.17) is 5.73 Å². The van der Waals surface area contributed by atoms with Crippen molar-refractivity contribution in [2.24, 2.45) is 12.8 Å². The van der Waals surface area contributed by atoms with Gasteiger partial charge in [-0.3, -0.25) is 9.48 Å². The molecule has 1 heterocycles. The standard InChI is InChI=1S/C15H16N4O/c1-11-10-13(6-5-12(11)4-3-8-16)15(20)17-14-7-9-19(2)18-14/h5-7,9-10H,8,16H2,1-2H3,(H,17,18,20). The van der Waals surface area contributed by atoms with Gasteiger partial charge < -0.3 is 11.1 Å². The zero-order valence-corrected chi connectivity index (χ0v) is 11.5. The highest BCUT2D eigenvalue weighted by molar-refractivity contribution is 6.03. The highest BCUT2D eigenvalue weighted by Crippen LogP contribution is 2.12. The van der Waals surface area contributed by atoms with Crippen molar-refractivity contribution < 1.29 is 4.79 Å². The zero-order valence-electron chi connectivity index (χ0n) is 11.5. The summed E-state index contributed by atoms with van der Waals surface area (Å²) in [4.78, 5) is 12.1. The first-order chi connectivity index (χ1) is 9.60. The Morgan fingerprint density at radius 2 is 2.25 bits per heavy atom. The van der Waals surface area contributed by atoms with Crippen LogP contribution in [0.25, 0.3) is 0 Å². The Bertz CT molecular complexity index is 691. The summed E-state index contributed by atoms with van der Waals surface area (Å²) in [6, 6.07) is 7.11. The predicted octanol–water partition coefficient (Wildman–Crippen LogP) is 1.29. The van der Waals surface area contributed by atoms with E-state index in [1.807, 2.05) is 13.0 Å². The van der Waals surface area contributed by atoms with E-state index in [1.165, 1.54) is 0 Å². The van der Waals surface area contributed by atoms with Crippen LogP contribution < -0.4 is 11.1 Å². The van der Waals surface area contributed by atoms with Gasteiger partial charge in [-0.05, 0) is 30.7 Å². The lowest BCUT2D eigenvalue weighted by atomic mass is 10.0. The molecular weight excluding hydrogens is 252 g/mol. The van der Waals surface area contributed by atoms with Crippen LogP contribution >= 0.6 is 0 Å². The van der Waals surface area contributed by atoms with Crippen LogP contribution in [-0.4, -0.2) is 22.2 Å². The van der Waals surface area contributed by atoms with E-state index in [1.54, 1.807) is 36.1 Å². The molecule has 1 aromatic carbocycles. The number of aromatic nitrogens is 2. The maximum Gasteiger partial charge on any atom is 0.256 e. The van der Waals surface area contributed by atoms with E-state index >= 15 is 0 Å². The van der Waals surface area contributed by atoms with Crippen molar-refractivity contribution in [3.63, 3.8) is 0 Å². The summed E-state index contributed by atoms with van der Waals surface area (Å²) >= 11 is 0. The number of benzene rings is 1. The van der Waals surface area contributed by atoms with Crippen molar-refractivity contribution in [3.8, 4) is 11.8 Å². The van der Waals surface area contributed by atoms with Crippen molar-refractivity contribution in [2.45, 2.75) is 6.92 Å². The first kappa shape index (κ1) is 13.8. The fourth-order valence-corrected chi connectivity index (χ4v) is 1.76. The average Bonchev–Trinajstić information content (AvgIpc) is 2.82. The first-order valence-corrected chi connectivity index (χ1v) is 6.20. The van der Waals surface area contributed by atoms with Crippen LogP contribution in [0.1, 0.15) is 21.5 Å². The maximum atomic E-state index is 12.1. The molecule has 0 spiro atoms. The minimum atomic E-state index is -0.190. The van der Waals surface area contributed by atoms with E-state index in [0.717, 1.165) is 11.1 Å². The molecule has 2 rings (SSSR count). The van der Waals surface area contributed by atoms with Crippen molar-refractivity contribution in [1.82, 2.24) is 9.78 Å². The Balaban J connectivity index is 2.16. The summed E-state index contributed by atoms with van der Waals surface area (Å²) in [6.45, 7) is 2.24. The van der Waals surface area contributed by atoms with Crippen LogP contribution in [0.15, 0.2) is 30.5 Å². The number of carbonyl (C=O) groups is 1. The molecule has 0 fully saturated rings. The largest absolute Gasteiger partial charge is 0.320 e. The number of nitrogens with two attached hydrogens (primary N) is 1. The SMILES string of the molecule is Cc1cc(C(=O)Nc2ccn(C)n2)ccc1C#CCN. The number of carbonyl (C=O) groups excluding carboxylic acids is 1. The van der Waals surface area contributed by atoms with E-state index in [9.17, 15) is 4.79 Å². The Kier molecular flexibility index (Phi) is 4.18. The first-order valence-electron chi connectivity index (χ1n) is 6.20. The molecule has 0 saturated heterocycles. The van der Waals surface area contributed by atoms with Gasteiger partial charge in [-0.25, -0.2) is 0 Å². The number of anilines is 1. The quantitative estimate of drug-likeness (QED) is 0.806. The summed E-state index contributed by atoms with van der Waals surface area (Å²) in [5, 5.41) is 6.85. The Hall–Kier alpha value is -2.58. The second-order valence-electron chi connectivity index (χ2n) is 4.36. The summed E-state index contributed by atoms with van der Waals surface area (Å²) in [5.74, 6) is 6.11. The molecule has 102 valence electrons. The van der Waals surface area contributed by atoms with Gasteiger partial charge >= 0.3 is 0 Å². The highest BCUT2D eigenvalue weighted by Gasteiger charge is 2.08. The summed E-state index contributed by atoms with van der Waals surface area (Å²) in [5.41, 5.74) is 7.74. The van der Waals surface area contributed by atoms with Crippen LogP contribution in [0.3, 0.4) is 0 Å². The van der Waals surface area contributed by atoms with Crippen molar-refractivity contribution in [3.05, 3.63) is 47.2 Å². The van der Waals surface area contributed by atoms with Crippen LogP contribution in [0.4, 0.5) is 5.82 Å². The van der Waals surface area contributed by atoms with E-state index in [2.05, 4.69) is 22.3 Å². The second kappa shape index (κ2) is 6.04. The lowest BCUT2D eigenvalue weighted by molar-refractivity contribution is 0.102. The molecule has 20 heavy (non-hydrogen) atoms. The smallest absolute Gasteiger partial charge is 0.256 e. The number of rotatable bonds is 2. The molecule has 0 radical (unpaired) electrons. The summed E-state index contributed by atoms with van der Waals surface area (Å²) < 4.78 is 1.63. The average molecular weight is 268 g/mol. The third kappa shape index (κ3) is 3.25. The summed E-state index contributed by atoms with van der Waals surface area (Å²) in [6.07, 6.45) is 1.77. The number of nitrogens with one attached hydrogen (secondary N) is 1. The lowest BCUT2D eigenvalue weighted by Crippen LogP contribution is -2.12. The number of hydrogen-bond acceptors (Lipinski definition) is 3. The fraction of sp³-hybridized carbons (Fsp3) is 0.200. The normalized spacial score (nSPS) is 9.75. The molecule has 0 bridgehead atoms. The minimum absolute atomic E-state index is 0.190. The third-order valence-corrected chi connectivity index (χ3v) is 2.77. The third-order valence-electron chi connectivity index (χ3n) is 2.77. The number of aryl methyl sites for hydroxylation is 2. The van der Waals surface area contributed by atoms with Gasteiger partial charge in [0.1, 0.15) is 0 Å². The lowest BCUT2D eigenvalue weighted by Gasteiger charge is -2.04. The Labute approximate surface area is 117 Å². The van der Waals surface area contributed by atoms with Crippen molar-refractivity contribution in [2.75, 3.05) is 11.9 Å². The molecule has 1 aromatic heterocycles. The van der Waals surface area contributed by atoms with Gasteiger partial charge in [0.2, 0.25) is 0 Å². The van der Waals surface area contributed by atoms with E-state index < -0.39 is 0 Å². The van der Waals surface area contributed by atoms with Gasteiger partial charge in [0.15, 0.2) is 5.82 Å². The second-order valence-corrected chi connectivity index (χ2v) is 4.36. The monoisotopic (exact) mass is 268 g/mol. The molecule has 0 unspecified atom stereocenters. The van der Waals surface area contributed by atoms with Gasteiger partial charge in [-0.1, -0.05) is 11.8 Å². The topological polar surface area (TPSA) is 72.9 Å². The molecule has 5 heteroatoms. The molecule has 0 aliphatic rings. The number of amides is 1. The van der Waals surface area contributed by atoms with Crippen molar-refractivity contribution >= 4 is 11.7 Å². The maximum absolute atomic E-state index is 12.1. The van der Waals surface area contributed by atoms with Gasteiger partial charge in [0, 0.05) is 30.4 Å². The Morgan fingerprint density at radius 3 is 2.85 bits per heavy atom. The fourth-order valence-electron chi connectivity index (χ4n) is 1.76. The highest BCUT2D eigenvalue weighted by atomic mass is 16.1. The molecule has 3 N–H and O–H groups in total. The molecule has 0 saturated carbocycles. The van der Waals surface area contributed by atoms with Crippen LogP contribution in [0.2, 0.25) is 0 Å². The van der Waals surface area contributed by atoms with Gasteiger partial charge in [-0.2, -0.15) is 5.10 Å². The van der Waals surface area contributed by atoms with Gasteiger partial charge in [0.05, 0.1) is 6.54 Å². The Morgan fingerprint density at radius 1 is 1.45 bits per heavy atom. The molecule has 1 amide bonds. The number of nitrogens with zero attached hydrogens (tertiary/aromatic N) is 2. The summed E-state index contributed by atoms with van der Waals surface area (Å²) in [7, 11) is 1.80. The van der Waals surface area contributed by atoms with E-state index in [-0.39, 0.29) is 5.91 Å². The van der Waals surface area contributed by atoms with Gasteiger partial charge in [0.25, 0.3) is 5.91 Å². The van der Waals surface area contributed by atoms with Gasteiger partial charge in [-0.15, -0.1) is 0 Å². The predicted molar refractivity (Wildman–Crippen MR) is 78.3 cm³/mol. The molecular formula is C15H16N4O. The molecule has 0 aliphatic carbocycles. The molecule has 2 aromatic rings. The number of hydrogen-bond donors (Lipinski definition) is 2. The van der Waals surface area contributed by atoms with Crippen LogP contribution in [0.5, 0.6) is 0 Å². The van der Waals surface area contributed by atoms with Crippen LogP contribution in [-0.2, 0) is 7.05 Å². The van der Waals surface area contributed by atoms with E-state index in [0.29, 0.717) is 17.9 Å². The van der Waals surface area contributed by atoms with Crippen LogP contribution in [0, 0.1) is 18.8 Å².